The minimum atomic E-state index is -0.767. The molecule has 0 aliphatic rings. The minimum Gasteiger partial charge on any atom is -0.466 e. The molecule has 6 nitrogen and oxygen atoms in total. The number of furan rings is 1. The fourth-order valence-corrected chi connectivity index (χ4v) is 5.00. The smallest absolute Gasteiger partial charge is 0.276 e. The van der Waals surface area contributed by atoms with Crippen molar-refractivity contribution in [3.63, 3.8) is 0 Å². The molecule has 2 aromatic heterocycles. The van der Waals surface area contributed by atoms with Gasteiger partial charge in [0.1, 0.15) is 17.0 Å². The maximum absolute atomic E-state index is 12.2. The van der Waals surface area contributed by atoms with E-state index >= 15 is 0 Å². The third kappa shape index (κ3) is 5.33. The lowest BCUT2D eigenvalue weighted by atomic mass is 9.77. The van der Waals surface area contributed by atoms with Gasteiger partial charge in [-0.2, -0.15) is 0 Å². The highest BCUT2D eigenvalue weighted by atomic mass is 35.5. The molecule has 8 heteroatoms. The number of benzene rings is 3. The van der Waals surface area contributed by atoms with Crippen LogP contribution in [0.15, 0.2) is 124 Å². The maximum Gasteiger partial charge on any atom is 0.276 e. The van der Waals surface area contributed by atoms with Crippen LogP contribution in [-0.4, -0.2) is 15.9 Å². The van der Waals surface area contributed by atoms with Gasteiger partial charge in [0.25, 0.3) is 5.24 Å². The molecule has 0 amide bonds. The van der Waals surface area contributed by atoms with Crippen LogP contribution in [0.4, 0.5) is 5.13 Å². The Morgan fingerprint density at radius 1 is 0.892 bits per heavy atom. The van der Waals surface area contributed by atoms with Crippen molar-refractivity contribution in [3.8, 4) is 0 Å². The molecule has 0 spiro atoms. The topological polar surface area (TPSA) is 76.7 Å². The quantitative estimate of drug-likeness (QED) is 0.0932. The number of nitrogens with one attached hydrogen (secondary N) is 1. The van der Waals surface area contributed by atoms with E-state index in [1.54, 1.807) is 17.5 Å². The third-order valence-corrected chi connectivity index (χ3v) is 6.73. The van der Waals surface area contributed by atoms with Crippen LogP contribution in [0.1, 0.15) is 28.1 Å². The van der Waals surface area contributed by atoms with Gasteiger partial charge >= 0.3 is 0 Å². The molecule has 0 atom stereocenters. The fraction of sp³-hybridized carbons (Fsp3) is 0.0690. The zero-order chi connectivity index (χ0) is 25.5. The summed E-state index contributed by atoms with van der Waals surface area (Å²) in [4.78, 5) is 22.2. The highest BCUT2D eigenvalue weighted by molar-refractivity contribution is 7.14. The number of halogens is 1. The van der Waals surface area contributed by atoms with Crippen LogP contribution < -0.4 is 5.32 Å². The summed E-state index contributed by atoms with van der Waals surface area (Å²) in [6.07, 6.45) is 1.53. The van der Waals surface area contributed by atoms with E-state index in [2.05, 4.69) is 51.9 Å². The van der Waals surface area contributed by atoms with E-state index in [0.717, 1.165) is 16.7 Å². The summed E-state index contributed by atoms with van der Waals surface area (Å²) >= 11 is 7.19. The highest BCUT2D eigenvalue weighted by Crippen LogP contribution is 2.40. The number of nitrogens with zero attached hydrogens (tertiary/aromatic N) is 2. The molecule has 5 aromatic rings. The summed E-state index contributed by atoms with van der Waals surface area (Å²) in [6, 6.07) is 34.0. The normalized spacial score (nSPS) is 11.8. The van der Waals surface area contributed by atoms with Crippen molar-refractivity contribution >= 4 is 39.0 Å². The van der Waals surface area contributed by atoms with Crippen molar-refractivity contribution in [3.05, 3.63) is 143 Å². The Balaban J connectivity index is 1.55. The van der Waals surface area contributed by atoms with Gasteiger partial charge in [-0.05, 0) is 40.4 Å². The molecule has 0 fully saturated rings. The second kappa shape index (κ2) is 11.2. The van der Waals surface area contributed by atoms with Crippen LogP contribution in [-0.2, 0) is 21.8 Å². The van der Waals surface area contributed by atoms with E-state index in [1.807, 2.05) is 54.6 Å². The number of rotatable bonds is 10. The first-order chi connectivity index (χ1) is 18.2. The molecule has 1 N–H and O–H groups in total. The van der Waals surface area contributed by atoms with Crippen LogP contribution in [0.2, 0.25) is 0 Å². The molecule has 0 unspecified atom stereocenters. The number of carbonyl (C=O) groups excluding carboxylic acids is 1. The second-order valence-corrected chi connectivity index (χ2v) is 9.28. The van der Waals surface area contributed by atoms with Gasteiger partial charge < -0.3 is 14.6 Å². The number of hydrogen-bond acceptors (Lipinski definition) is 7. The molecule has 184 valence electrons. The summed E-state index contributed by atoms with van der Waals surface area (Å²) in [7, 11) is 0. The number of carbonyl (C=O) groups is 1. The molecule has 0 bridgehead atoms. The standard InChI is InChI=1S/C29H22ClN3O3S/c30-27(34)26(33-36-19-24-17-10-18-35-24)25-20-37-28(31-25)32-29(21-11-4-1-5-12-21,22-13-6-2-7-14-22)23-15-8-3-9-16-23/h1-18,20H,19H2,(H,31,32). The Bertz CT molecular complexity index is 1370. The molecule has 37 heavy (non-hydrogen) atoms. The van der Waals surface area contributed by atoms with Gasteiger partial charge in [-0.3, -0.25) is 4.79 Å². The average molecular weight is 528 g/mol. The van der Waals surface area contributed by atoms with Gasteiger partial charge in [-0.1, -0.05) is 96.2 Å². The van der Waals surface area contributed by atoms with Crippen LogP contribution in [0.3, 0.4) is 0 Å². The Labute approximate surface area is 223 Å². The van der Waals surface area contributed by atoms with Crippen molar-refractivity contribution in [2.75, 3.05) is 5.32 Å². The summed E-state index contributed by atoms with van der Waals surface area (Å²) in [5, 5.41) is 9.17. The number of aromatic nitrogens is 1. The number of thiazole rings is 1. The summed E-state index contributed by atoms with van der Waals surface area (Å²) in [5.41, 5.74) is 2.59. The van der Waals surface area contributed by atoms with E-state index in [1.165, 1.54) is 17.6 Å². The Morgan fingerprint density at radius 2 is 1.46 bits per heavy atom. The van der Waals surface area contributed by atoms with Gasteiger partial charge in [0.05, 0.1) is 6.26 Å². The molecule has 0 aliphatic carbocycles. The second-order valence-electron chi connectivity index (χ2n) is 8.08. The number of anilines is 1. The molecule has 5 rings (SSSR count). The first-order valence-electron chi connectivity index (χ1n) is 11.5. The number of oxime groups is 1. The monoisotopic (exact) mass is 527 g/mol. The van der Waals surface area contributed by atoms with Crippen molar-refractivity contribution < 1.29 is 14.0 Å². The molecule has 3 aromatic carbocycles. The Morgan fingerprint density at radius 3 is 1.95 bits per heavy atom. The lowest BCUT2D eigenvalue weighted by Gasteiger charge is -2.36. The van der Waals surface area contributed by atoms with Crippen LogP contribution in [0, 0.1) is 0 Å². The summed E-state index contributed by atoms with van der Waals surface area (Å²) in [5.74, 6) is 0.573. The van der Waals surface area contributed by atoms with E-state index in [-0.39, 0.29) is 12.3 Å². The van der Waals surface area contributed by atoms with Crippen molar-refractivity contribution in [2.24, 2.45) is 5.16 Å². The third-order valence-electron chi connectivity index (χ3n) is 5.79. The van der Waals surface area contributed by atoms with Crippen LogP contribution >= 0.6 is 22.9 Å². The van der Waals surface area contributed by atoms with E-state index < -0.39 is 10.8 Å². The summed E-state index contributed by atoms with van der Waals surface area (Å²) in [6.45, 7) is 0.0645. The van der Waals surface area contributed by atoms with Crippen LogP contribution in [0.25, 0.3) is 0 Å². The Hall–Kier alpha value is -4.20. The maximum atomic E-state index is 12.2. The fourth-order valence-electron chi connectivity index (χ4n) is 4.12. The molecule has 0 radical (unpaired) electrons. The van der Waals surface area contributed by atoms with E-state index in [4.69, 9.17) is 20.9 Å². The Kier molecular flexibility index (Phi) is 7.44. The van der Waals surface area contributed by atoms with Crippen molar-refractivity contribution in [1.29, 1.82) is 0 Å². The van der Waals surface area contributed by atoms with Gasteiger partial charge in [-0.25, -0.2) is 4.98 Å². The molecule has 0 saturated heterocycles. The molecule has 0 saturated carbocycles. The SMILES string of the molecule is O=C(Cl)C(=NOCc1ccco1)c1csc(NC(c2ccccc2)(c2ccccc2)c2ccccc2)n1. The van der Waals surface area contributed by atoms with Crippen molar-refractivity contribution in [1.82, 2.24) is 4.98 Å². The van der Waals surface area contributed by atoms with Gasteiger partial charge in [0, 0.05) is 5.38 Å². The largest absolute Gasteiger partial charge is 0.466 e. The zero-order valence-corrected chi connectivity index (χ0v) is 21.2. The first kappa shape index (κ1) is 24.5. The average Bonchev–Trinajstić information content (AvgIpc) is 3.63. The van der Waals surface area contributed by atoms with E-state index in [0.29, 0.717) is 16.6 Å². The number of hydrogen-bond donors (Lipinski definition) is 1. The molecular formula is C29H22ClN3O3S. The minimum absolute atomic E-state index is 0.0645. The first-order valence-corrected chi connectivity index (χ1v) is 12.8. The van der Waals surface area contributed by atoms with Crippen molar-refractivity contribution in [2.45, 2.75) is 12.1 Å². The zero-order valence-electron chi connectivity index (χ0n) is 19.6. The lowest BCUT2D eigenvalue weighted by molar-refractivity contribution is -0.106. The van der Waals surface area contributed by atoms with Crippen LogP contribution in [0.5, 0.6) is 0 Å². The van der Waals surface area contributed by atoms with Gasteiger partial charge in [0.2, 0.25) is 0 Å². The summed E-state index contributed by atoms with van der Waals surface area (Å²) < 4.78 is 5.23. The predicted molar refractivity (Wildman–Crippen MR) is 146 cm³/mol. The molecule has 0 aliphatic heterocycles. The molecule has 2 heterocycles. The van der Waals surface area contributed by atoms with E-state index in [9.17, 15) is 4.79 Å². The van der Waals surface area contributed by atoms with Gasteiger partial charge in [0.15, 0.2) is 17.5 Å². The lowest BCUT2D eigenvalue weighted by Crippen LogP contribution is -2.38. The highest BCUT2D eigenvalue weighted by Gasteiger charge is 2.37. The van der Waals surface area contributed by atoms with Gasteiger partial charge in [-0.15, -0.1) is 11.3 Å². The predicted octanol–water partition coefficient (Wildman–Crippen LogP) is 6.83. The molecular weight excluding hydrogens is 506 g/mol.